The molecular formula is C19H21FN2O2S. The van der Waals surface area contributed by atoms with E-state index in [2.05, 4.69) is 0 Å². The number of amides is 1. The van der Waals surface area contributed by atoms with Crippen molar-refractivity contribution in [2.75, 3.05) is 5.75 Å². The molecule has 2 aromatic carbocycles. The molecule has 4 N–H and O–H groups in total. The molecule has 0 bridgehead atoms. The van der Waals surface area contributed by atoms with Crippen LogP contribution in [0.3, 0.4) is 0 Å². The van der Waals surface area contributed by atoms with E-state index in [1.165, 1.54) is 36.0 Å². The van der Waals surface area contributed by atoms with Gasteiger partial charge in [-0.3, -0.25) is 9.59 Å². The maximum Gasteiger partial charge on any atom is 0.252 e. The van der Waals surface area contributed by atoms with E-state index in [4.69, 9.17) is 11.5 Å². The lowest BCUT2D eigenvalue weighted by atomic mass is 9.96. The third kappa shape index (κ3) is 4.27. The third-order valence-corrected chi connectivity index (χ3v) is 5.28. The molecule has 0 aliphatic heterocycles. The number of benzene rings is 2. The van der Waals surface area contributed by atoms with Gasteiger partial charge in [0, 0.05) is 11.1 Å². The van der Waals surface area contributed by atoms with Gasteiger partial charge in [0.15, 0.2) is 10.7 Å². The Kier molecular flexibility index (Phi) is 5.98. The van der Waals surface area contributed by atoms with E-state index in [0.29, 0.717) is 22.4 Å². The molecule has 1 unspecified atom stereocenters. The van der Waals surface area contributed by atoms with Crippen LogP contribution in [0.1, 0.15) is 40.4 Å². The van der Waals surface area contributed by atoms with E-state index >= 15 is 0 Å². The first-order chi connectivity index (χ1) is 11.8. The van der Waals surface area contributed by atoms with Gasteiger partial charge in [-0.25, -0.2) is 4.39 Å². The zero-order chi connectivity index (χ0) is 18.6. The lowest BCUT2D eigenvalue weighted by Crippen LogP contribution is -2.46. The molecule has 1 atom stereocenters. The monoisotopic (exact) mass is 360 g/mol. The minimum absolute atomic E-state index is 0.266. The molecule has 1 amide bonds. The fourth-order valence-electron chi connectivity index (χ4n) is 2.46. The highest BCUT2D eigenvalue weighted by Gasteiger charge is 2.35. The second kappa shape index (κ2) is 7.80. The molecule has 25 heavy (non-hydrogen) atoms. The van der Waals surface area contributed by atoms with Crippen molar-refractivity contribution in [3.63, 3.8) is 0 Å². The van der Waals surface area contributed by atoms with Gasteiger partial charge in [0.2, 0.25) is 0 Å². The van der Waals surface area contributed by atoms with Crippen molar-refractivity contribution in [2.45, 2.75) is 25.1 Å². The van der Waals surface area contributed by atoms with Gasteiger partial charge in [-0.05, 0) is 61.1 Å². The van der Waals surface area contributed by atoms with Gasteiger partial charge in [0.25, 0.3) is 5.91 Å². The van der Waals surface area contributed by atoms with Gasteiger partial charge >= 0.3 is 0 Å². The van der Waals surface area contributed by atoms with E-state index in [1.807, 2.05) is 13.8 Å². The fourth-order valence-corrected chi connectivity index (χ4v) is 3.41. The Morgan fingerprint density at radius 3 is 2.32 bits per heavy atom. The molecule has 0 aromatic heterocycles. The van der Waals surface area contributed by atoms with Crippen LogP contribution < -0.4 is 11.5 Å². The van der Waals surface area contributed by atoms with E-state index in [0.717, 1.165) is 12.0 Å². The molecular weight excluding hydrogens is 339 g/mol. The van der Waals surface area contributed by atoms with Crippen LogP contribution in [0.15, 0.2) is 42.5 Å². The summed E-state index contributed by atoms with van der Waals surface area (Å²) in [5, 5.41) is 0. The van der Waals surface area contributed by atoms with Gasteiger partial charge in [-0.15, -0.1) is 11.8 Å². The number of primary amides is 1. The molecule has 0 saturated heterocycles. The molecule has 132 valence electrons. The molecule has 4 nitrogen and oxygen atoms in total. The van der Waals surface area contributed by atoms with Gasteiger partial charge < -0.3 is 11.5 Å². The number of aryl methyl sites for hydroxylation is 1. The number of rotatable bonds is 7. The summed E-state index contributed by atoms with van der Waals surface area (Å²) in [6.07, 6.45) is 0.837. The minimum atomic E-state index is -1.40. The topological polar surface area (TPSA) is 86.2 Å². The Morgan fingerprint density at radius 1 is 1.12 bits per heavy atom. The Balaban J connectivity index is 2.47. The van der Waals surface area contributed by atoms with Crippen LogP contribution in [-0.2, 0) is 9.67 Å². The van der Waals surface area contributed by atoms with Crippen LogP contribution in [0.2, 0.25) is 0 Å². The maximum absolute atomic E-state index is 13.1. The predicted molar refractivity (Wildman–Crippen MR) is 98.8 cm³/mol. The van der Waals surface area contributed by atoms with E-state index < -0.39 is 16.6 Å². The second-order valence-electron chi connectivity index (χ2n) is 5.87. The first-order valence-corrected chi connectivity index (χ1v) is 8.91. The van der Waals surface area contributed by atoms with Gasteiger partial charge in [0.05, 0.1) is 0 Å². The number of carbonyl (C=O) groups is 2. The Morgan fingerprint density at radius 2 is 1.76 bits per heavy atom. The first kappa shape index (κ1) is 19.1. The highest BCUT2D eigenvalue weighted by atomic mass is 32.2. The minimum Gasteiger partial charge on any atom is -0.367 e. The molecule has 0 heterocycles. The molecule has 2 aromatic rings. The molecule has 0 radical (unpaired) electrons. The highest BCUT2D eigenvalue weighted by molar-refractivity contribution is 8.00. The van der Waals surface area contributed by atoms with Crippen LogP contribution in [0, 0.1) is 12.7 Å². The van der Waals surface area contributed by atoms with Gasteiger partial charge in [-0.2, -0.15) is 0 Å². The van der Waals surface area contributed by atoms with Crippen LogP contribution in [-0.4, -0.2) is 17.4 Å². The first-order valence-electron chi connectivity index (χ1n) is 7.93. The van der Waals surface area contributed by atoms with Crippen molar-refractivity contribution in [3.8, 4) is 0 Å². The summed E-state index contributed by atoms with van der Waals surface area (Å²) in [7, 11) is 0. The number of carbonyl (C=O) groups excluding carboxylic acids is 2. The molecule has 0 spiro atoms. The summed E-state index contributed by atoms with van der Waals surface area (Å²) < 4.78 is 13.1. The van der Waals surface area contributed by atoms with Crippen molar-refractivity contribution < 1.29 is 14.0 Å². The van der Waals surface area contributed by atoms with E-state index in [1.54, 1.807) is 18.2 Å². The Labute approximate surface area is 150 Å². The van der Waals surface area contributed by atoms with Crippen molar-refractivity contribution in [2.24, 2.45) is 11.5 Å². The third-order valence-electron chi connectivity index (χ3n) is 3.77. The zero-order valence-corrected chi connectivity index (χ0v) is 15.0. The van der Waals surface area contributed by atoms with E-state index in [9.17, 15) is 14.0 Å². The number of hydrogen-bond acceptors (Lipinski definition) is 4. The summed E-state index contributed by atoms with van der Waals surface area (Å²) in [4.78, 5) is 23.3. The summed E-state index contributed by atoms with van der Waals surface area (Å²) in [5.41, 5.74) is 13.8. The second-order valence-corrected chi connectivity index (χ2v) is 7.21. The van der Waals surface area contributed by atoms with Crippen LogP contribution in [0.4, 0.5) is 4.39 Å². The van der Waals surface area contributed by atoms with Crippen molar-refractivity contribution in [3.05, 3.63) is 70.5 Å². The summed E-state index contributed by atoms with van der Waals surface area (Å²) in [5.74, 6) is -0.671. The van der Waals surface area contributed by atoms with Crippen molar-refractivity contribution in [1.82, 2.24) is 0 Å². The molecule has 0 aliphatic carbocycles. The lowest BCUT2D eigenvalue weighted by Gasteiger charge is -2.26. The molecule has 6 heteroatoms. The molecule has 0 fully saturated rings. The quantitative estimate of drug-likeness (QED) is 0.587. The Hall–Kier alpha value is -2.18. The van der Waals surface area contributed by atoms with Crippen molar-refractivity contribution in [1.29, 1.82) is 0 Å². The van der Waals surface area contributed by atoms with Gasteiger partial charge in [-0.1, -0.05) is 18.6 Å². The molecule has 0 aliphatic rings. The largest absolute Gasteiger partial charge is 0.367 e. The smallest absolute Gasteiger partial charge is 0.252 e. The van der Waals surface area contributed by atoms with Crippen molar-refractivity contribution >= 4 is 23.5 Å². The lowest BCUT2D eigenvalue weighted by molar-refractivity contribution is -0.120. The fraction of sp³-hybridized carbons (Fsp3) is 0.263. The average Bonchev–Trinajstić information content (AvgIpc) is 2.59. The number of nitrogens with two attached hydrogens (primary N) is 2. The van der Waals surface area contributed by atoms with Crippen LogP contribution >= 0.6 is 11.8 Å². The van der Waals surface area contributed by atoms with Gasteiger partial charge in [0.1, 0.15) is 5.82 Å². The number of ketones is 1. The molecule has 0 saturated carbocycles. The number of thioether (sulfide) groups is 1. The normalized spacial score (nSPS) is 13.3. The Bertz CT molecular complexity index is 793. The SMILES string of the molecule is CCCSC(N)(C(N)=O)c1cc(C)cc(C(=O)c2ccc(F)cc2)c1. The van der Waals surface area contributed by atoms with Crippen LogP contribution in [0.25, 0.3) is 0 Å². The van der Waals surface area contributed by atoms with E-state index in [-0.39, 0.29) is 5.78 Å². The highest BCUT2D eigenvalue weighted by Crippen LogP contribution is 2.33. The maximum atomic E-state index is 13.1. The average molecular weight is 360 g/mol. The summed E-state index contributed by atoms with van der Waals surface area (Å²) in [6, 6.07) is 10.4. The van der Waals surface area contributed by atoms with Crippen LogP contribution in [0.5, 0.6) is 0 Å². The number of hydrogen-bond donors (Lipinski definition) is 2. The number of halogens is 1. The molecule has 2 rings (SSSR count). The predicted octanol–water partition coefficient (Wildman–Crippen LogP) is 3.11. The zero-order valence-electron chi connectivity index (χ0n) is 14.2. The summed E-state index contributed by atoms with van der Waals surface area (Å²) >= 11 is 1.25. The summed E-state index contributed by atoms with van der Waals surface area (Å²) in [6.45, 7) is 3.80. The standard InChI is InChI=1S/C19H21FN2O2S/c1-3-8-25-19(22,18(21)24)15-10-12(2)9-14(11-15)17(23)13-4-6-16(20)7-5-13/h4-7,9-11H,3,8,22H2,1-2H3,(H2,21,24).